The van der Waals surface area contributed by atoms with Crippen molar-refractivity contribution in [2.75, 3.05) is 13.6 Å². The molecule has 0 radical (unpaired) electrons. The van der Waals surface area contributed by atoms with Crippen molar-refractivity contribution in [2.45, 2.75) is 43.9 Å². The Kier molecular flexibility index (Phi) is 5.23. The smallest absolute Gasteiger partial charge is 0.329 e. The van der Waals surface area contributed by atoms with Gasteiger partial charge in [-0.05, 0) is 44.9 Å². The molecule has 2 rings (SSSR count). The maximum atomic E-state index is 12.8. The fourth-order valence-corrected chi connectivity index (χ4v) is 4.20. The van der Waals surface area contributed by atoms with Crippen LogP contribution in [0.5, 0.6) is 0 Å². The van der Waals surface area contributed by atoms with Crippen LogP contribution in [0.25, 0.3) is 0 Å². The van der Waals surface area contributed by atoms with Crippen molar-refractivity contribution in [3.63, 3.8) is 0 Å². The molecule has 7 heteroatoms. The summed E-state index contributed by atoms with van der Waals surface area (Å²) in [6.07, 6.45) is -2.78. The van der Waals surface area contributed by atoms with Crippen LogP contribution >= 0.6 is 22.9 Å². The second-order valence-electron chi connectivity index (χ2n) is 5.81. The van der Waals surface area contributed by atoms with Crippen LogP contribution < -0.4 is 5.73 Å². The molecule has 21 heavy (non-hydrogen) atoms. The molecule has 1 heterocycles. The van der Waals surface area contributed by atoms with Crippen LogP contribution in [-0.2, 0) is 6.54 Å². The summed E-state index contributed by atoms with van der Waals surface area (Å²) in [7, 11) is 1.94. The summed E-state index contributed by atoms with van der Waals surface area (Å²) < 4.78 is 39.1. The Hall–Kier alpha value is -0.300. The van der Waals surface area contributed by atoms with Crippen LogP contribution in [0, 0.1) is 5.92 Å². The average Bonchev–Trinajstić information content (AvgIpc) is 2.83. The van der Waals surface area contributed by atoms with E-state index in [1.165, 1.54) is 11.3 Å². The lowest BCUT2D eigenvalue weighted by Crippen LogP contribution is -2.54. The summed E-state index contributed by atoms with van der Waals surface area (Å²) >= 11 is 7.41. The third-order valence-corrected chi connectivity index (χ3v) is 5.81. The van der Waals surface area contributed by atoms with Gasteiger partial charge in [0.15, 0.2) is 0 Å². The molecule has 0 spiro atoms. The zero-order valence-electron chi connectivity index (χ0n) is 11.9. The fourth-order valence-electron chi connectivity index (χ4n) is 3.06. The van der Waals surface area contributed by atoms with Gasteiger partial charge in [0.25, 0.3) is 0 Å². The second-order valence-corrected chi connectivity index (χ2v) is 7.61. The first-order valence-corrected chi connectivity index (χ1v) is 8.18. The van der Waals surface area contributed by atoms with Crippen molar-refractivity contribution < 1.29 is 13.2 Å². The van der Waals surface area contributed by atoms with E-state index in [4.69, 9.17) is 17.3 Å². The highest BCUT2D eigenvalue weighted by atomic mass is 35.5. The normalized spacial score (nSPS) is 27.3. The zero-order chi connectivity index (χ0) is 15.7. The minimum Gasteiger partial charge on any atom is -0.329 e. The Morgan fingerprint density at radius 3 is 2.43 bits per heavy atom. The molecular formula is C14H20ClF3N2S. The maximum absolute atomic E-state index is 12.8. The second kappa shape index (κ2) is 6.44. The number of alkyl halides is 3. The molecule has 0 atom stereocenters. The van der Waals surface area contributed by atoms with Gasteiger partial charge in [-0.1, -0.05) is 11.6 Å². The summed E-state index contributed by atoms with van der Waals surface area (Å²) in [5.74, 6) is -1.18. The number of nitrogens with zero attached hydrogens (tertiary/aromatic N) is 1. The first-order chi connectivity index (χ1) is 9.77. The van der Waals surface area contributed by atoms with Crippen molar-refractivity contribution in [3.05, 3.63) is 21.3 Å². The molecule has 0 saturated heterocycles. The van der Waals surface area contributed by atoms with Gasteiger partial charge in [0, 0.05) is 23.5 Å². The Labute approximate surface area is 132 Å². The van der Waals surface area contributed by atoms with Crippen LogP contribution in [0.3, 0.4) is 0 Å². The molecule has 1 aromatic rings. The molecule has 2 N–H and O–H groups in total. The molecule has 1 fully saturated rings. The quantitative estimate of drug-likeness (QED) is 0.886. The third-order valence-electron chi connectivity index (χ3n) is 4.59. The number of hydrogen-bond acceptors (Lipinski definition) is 3. The molecule has 1 aliphatic carbocycles. The number of rotatable bonds is 4. The van der Waals surface area contributed by atoms with Gasteiger partial charge in [-0.15, -0.1) is 11.3 Å². The number of halogens is 4. The molecule has 2 nitrogen and oxygen atoms in total. The highest BCUT2D eigenvalue weighted by molar-refractivity contribution is 7.16. The van der Waals surface area contributed by atoms with Gasteiger partial charge in [-0.25, -0.2) is 0 Å². The minimum absolute atomic E-state index is 0.163. The Balaban J connectivity index is 2.02. The molecule has 120 valence electrons. The van der Waals surface area contributed by atoms with Crippen molar-refractivity contribution in [1.29, 1.82) is 0 Å². The lowest BCUT2D eigenvalue weighted by Gasteiger charge is -2.46. The van der Waals surface area contributed by atoms with Crippen molar-refractivity contribution >= 4 is 22.9 Å². The van der Waals surface area contributed by atoms with E-state index in [1.807, 2.05) is 19.2 Å². The van der Waals surface area contributed by atoms with Gasteiger partial charge in [0.2, 0.25) is 0 Å². The van der Waals surface area contributed by atoms with Gasteiger partial charge < -0.3 is 5.73 Å². The maximum Gasteiger partial charge on any atom is 0.391 e. The number of likely N-dealkylation sites (N-methyl/N-ethyl adjacent to an activating group) is 1. The lowest BCUT2D eigenvalue weighted by atomic mass is 9.75. The minimum atomic E-state index is -4.08. The summed E-state index contributed by atoms with van der Waals surface area (Å²) in [6, 6.07) is 3.79. The van der Waals surface area contributed by atoms with Crippen molar-refractivity contribution in [2.24, 2.45) is 11.7 Å². The summed E-state index contributed by atoms with van der Waals surface area (Å²) in [5, 5.41) is 0. The third kappa shape index (κ3) is 3.92. The first kappa shape index (κ1) is 17.1. The molecular weight excluding hydrogens is 321 g/mol. The van der Waals surface area contributed by atoms with Gasteiger partial charge in [0.1, 0.15) is 0 Å². The van der Waals surface area contributed by atoms with Crippen LogP contribution in [0.4, 0.5) is 13.2 Å². The Morgan fingerprint density at radius 2 is 2.00 bits per heavy atom. The molecule has 1 saturated carbocycles. The SMILES string of the molecule is CN(Cc1ccc(Cl)s1)C1(CN)CCC(C(F)(F)F)CC1. The lowest BCUT2D eigenvalue weighted by molar-refractivity contribution is -0.188. The van der Waals surface area contributed by atoms with E-state index in [9.17, 15) is 13.2 Å². The number of nitrogens with two attached hydrogens (primary N) is 1. The fraction of sp³-hybridized carbons (Fsp3) is 0.714. The first-order valence-electron chi connectivity index (χ1n) is 6.99. The largest absolute Gasteiger partial charge is 0.391 e. The summed E-state index contributed by atoms with van der Waals surface area (Å²) in [5.41, 5.74) is 5.57. The highest BCUT2D eigenvalue weighted by Crippen LogP contribution is 2.43. The van der Waals surface area contributed by atoms with E-state index in [0.717, 1.165) is 9.21 Å². The summed E-state index contributed by atoms with van der Waals surface area (Å²) in [6.45, 7) is 1.05. The molecule has 0 unspecified atom stereocenters. The number of hydrogen-bond donors (Lipinski definition) is 1. The molecule has 0 bridgehead atoms. The van der Waals surface area contributed by atoms with Crippen molar-refractivity contribution in [1.82, 2.24) is 4.90 Å². The highest BCUT2D eigenvalue weighted by Gasteiger charge is 2.46. The average molecular weight is 341 g/mol. The van der Waals surface area contributed by atoms with E-state index in [-0.39, 0.29) is 18.4 Å². The predicted octanol–water partition coefficient (Wildman–Crippen LogP) is 4.28. The Morgan fingerprint density at radius 1 is 1.38 bits per heavy atom. The molecule has 0 aliphatic heterocycles. The van der Waals surface area contributed by atoms with E-state index in [2.05, 4.69) is 4.90 Å². The van der Waals surface area contributed by atoms with Crippen molar-refractivity contribution in [3.8, 4) is 0 Å². The van der Waals surface area contributed by atoms with Gasteiger partial charge in [-0.3, -0.25) is 4.90 Å². The van der Waals surface area contributed by atoms with E-state index >= 15 is 0 Å². The number of thiophene rings is 1. The van der Waals surface area contributed by atoms with E-state index < -0.39 is 12.1 Å². The van der Waals surface area contributed by atoms with Gasteiger partial charge >= 0.3 is 6.18 Å². The molecule has 0 aromatic carbocycles. The van der Waals surface area contributed by atoms with Gasteiger partial charge in [-0.2, -0.15) is 13.2 Å². The molecule has 1 aromatic heterocycles. The van der Waals surface area contributed by atoms with E-state index in [0.29, 0.717) is 25.9 Å². The molecule has 0 amide bonds. The topological polar surface area (TPSA) is 29.3 Å². The van der Waals surface area contributed by atoms with Crippen LogP contribution in [0.1, 0.15) is 30.6 Å². The predicted molar refractivity (Wildman–Crippen MR) is 80.6 cm³/mol. The standard InChI is InChI=1S/C14H20ClF3N2S/c1-20(8-11-2-3-12(15)21-11)13(9-19)6-4-10(5-7-13)14(16,17)18/h2-3,10H,4-9,19H2,1H3. The van der Waals surface area contributed by atoms with E-state index in [1.54, 1.807) is 0 Å². The van der Waals surface area contributed by atoms with Crippen LogP contribution in [-0.4, -0.2) is 30.2 Å². The monoisotopic (exact) mass is 340 g/mol. The van der Waals surface area contributed by atoms with Crippen LogP contribution in [0.15, 0.2) is 12.1 Å². The Bertz CT molecular complexity index is 467. The molecule has 1 aliphatic rings. The summed E-state index contributed by atoms with van der Waals surface area (Å²) in [4.78, 5) is 3.20. The van der Waals surface area contributed by atoms with Gasteiger partial charge in [0.05, 0.1) is 10.3 Å². The zero-order valence-corrected chi connectivity index (χ0v) is 13.5. The van der Waals surface area contributed by atoms with Crippen LogP contribution in [0.2, 0.25) is 4.34 Å².